The van der Waals surface area contributed by atoms with E-state index < -0.39 is 5.60 Å². The molecule has 22 heavy (non-hydrogen) atoms. The Hall–Kier alpha value is -1.46. The van der Waals surface area contributed by atoms with Crippen LogP contribution in [0, 0.1) is 11.7 Å². The molecule has 2 aliphatic rings. The van der Waals surface area contributed by atoms with Crippen molar-refractivity contribution < 1.29 is 14.3 Å². The maximum Gasteiger partial charge on any atom is 0.256 e. The molecule has 2 fully saturated rings. The van der Waals surface area contributed by atoms with Crippen LogP contribution in [0.4, 0.5) is 4.39 Å². The molecule has 120 valence electrons. The van der Waals surface area contributed by atoms with E-state index in [1.54, 1.807) is 17.0 Å². The minimum atomic E-state index is -1.30. The van der Waals surface area contributed by atoms with Crippen LogP contribution in [0.2, 0.25) is 0 Å². The summed E-state index contributed by atoms with van der Waals surface area (Å²) in [6.45, 7) is 2.26. The maximum atomic E-state index is 12.9. The Morgan fingerprint density at radius 2 is 2.05 bits per heavy atom. The highest BCUT2D eigenvalue weighted by molar-refractivity contribution is 5.86. The lowest BCUT2D eigenvalue weighted by molar-refractivity contribution is -0.157. The summed E-state index contributed by atoms with van der Waals surface area (Å²) in [6, 6.07) is 6.16. The molecular weight excluding hydrogens is 283 g/mol. The van der Waals surface area contributed by atoms with Crippen LogP contribution in [0.15, 0.2) is 24.3 Å². The molecule has 0 aromatic heterocycles. The first-order valence-corrected chi connectivity index (χ1v) is 8.04. The first-order valence-electron chi connectivity index (χ1n) is 8.04. The van der Waals surface area contributed by atoms with Crippen LogP contribution >= 0.6 is 0 Å². The summed E-state index contributed by atoms with van der Waals surface area (Å²) in [7, 11) is 0. The molecule has 1 saturated carbocycles. The monoisotopic (exact) mass is 306 g/mol. The van der Waals surface area contributed by atoms with Gasteiger partial charge in [-0.15, -0.1) is 0 Å². The fourth-order valence-corrected chi connectivity index (χ4v) is 3.00. The molecule has 1 amide bonds. The van der Waals surface area contributed by atoms with Crippen LogP contribution < -0.4 is 5.32 Å². The zero-order chi connectivity index (χ0) is 15.6. The summed E-state index contributed by atoms with van der Waals surface area (Å²) in [6.07, 6.45) is 3.78. The topological polar surface area (TPSA) is 52.6 Å². The Morgan fingerprint density at radius 1 is 1.32 bits per heavy atom. The summed E-state index contributed by atoms with van der Waals surface area (Å²) >= 11 is 0. The fourth-order valence-electron chi connectivity index (χ4n) is 3.00. The Bertz CT molecular complexity index is 530. The first kappa shape index (κ1) is 15.4. The second kappa shape index (κ2) is 6.34. The van der Waals surface area contributed by atoms with E-state index in [-0.39, 0.29) is 11.7 Å². The van der Waals surface area contributed by atoms with Crippen molar-refractivity contribution in [1.29, 1.82) is 0 Å². The largest absolute Gasteiger partial charge is 0.379 e. The van der Waals surface area contributed by atoms with Crippen molar-refractivity contribution >= 4 is 5.91 Å². The lowest BCUT2D eigenvalue weighted by Crippen LogP contribution is -2.57. The number of benzene rings is 1. The van der Waals surface area contributed by atoms with Crippen molar-refractivity contribution in [3.63, 3.8) is 0 Å². The van der Waals surface area contributed by atoms with Crippen molar-refractivity contribution in [2.75, 3.05) is 19.6 Å². The average molecular weight is 306 g/mol. The third-order valence-electron chi connectivity index (χ3n) is 4.54. The molecule has 1 saturated heterocycles. The molecule has 1 unspecified atom stereocenters. The summed E-state index contributed by atoms with van der Waals surface area (Å²) in [5.41, 5.74) is -0.419. The lowest BCUT2D eigenvalue weighted by atomic mass is 9.91. The molecule has 3 rings (SSSR count). The van der Waals surface area contributed by atoms with Gasteiger partial charge in [0.1, 0.15) is 5.82 Å². The van der Waals surface area contributed by atoms with Gasteiger partial charge in [0.2, 0.25) is 0 Å². The van der Waals surface area contributed by atoms with E-state index in [1.807, 2.05) is 0 Å². The summed E-state index contributed by atoms with van der Waals surface area (Å²) in [5, 5.41) is 13.9. The van der Waals surface area contributed by atoms with E-state index in [0.717, 1.165) is 24.4 Å². The van der Waals surface area contributed by atoms with Crippen molar-refractivity contribution in [2.24, 2.45) is 5.92 Å². The Labute approximate surface area is 130 Å². The Balaban J connectivity index is 1.59. The van der Waals surface area contributed by atoms with E-state index >= 15 is 0 Å². The highest BCUT2D eigenvalue weighted by Gasteiger charge is 2.42. The van der Waals surface area contributed by atoms with Crippen molar-refractivity contribution in [1.82, 2.24) is 10.2 Å². The number of rotatable bonds is 6. The van der Waals surface area contributed by atoms with Crippen molar-refractivity contribution in [2.45, 2.75) is 37.8 Å². The maximum absolute atomic E-state index is 12.9. The van der Waals surface area contributed by atoms with Gasteiger partial charge in [0, 0.05) is 19.6 Å². The van der Waals surface area contributed by atoms with Crippen molar-refractivity contribution in [3.8, 4) is 0 Å². The van der Waals surface area contributed by atoms with Crippen LogP contribution in [0.1, 0.15) is 31.2 Å². The second-order valence-electron chi connectivity index (χ2n) is 6.56. The standard InChI is InChI=1S/C17H23FN2O2/c18-15-6-4-14(5-7-15)11-20-9-1-8-17(22,16(20)21)12-19-10-13-2-3-13/h4-7,13,19,22H,1-3,8-12H2. The quantitative estimate of drug-likeness (QED) is 0.841. The number of aliphatic hydroxyl groups is 1. The van der Waals surface area contributed by atoms with E-state index in [0.29, 0.717) is 26.1 Å². The molecule has 2 N–H and O–H groups in total. The fraction of sp³-hybridized carbons (Fsp3) is 0.588. The van der Waals surface area contributed by atoms with Gasteiger partial charge in [-0.2, -0.15) is 0 Å². The van der Waals surface area contributed by atoms with E-state index in [2.05, 4.69) is 5.32 Å². The smallest absolute Gasteiger partial charge is 0.256 e. The molecule has 0 radical (unpaired) electrons. The lowest BCUT2D eigenvalue weighted by Gasteiger charge is -2.38. The number of nitrogens with one attached hydrogen (secondary N) is 1. The van der Waals surface area contributed by atoms with Crippen LogP contribution in [-0.2, 0) is 11.3 Å². The average Bonchev–Trinajstić information content (AvgIpc) is 3.31. The number of hydrogen-bond acceptors (Lipinski definition) is 3. The summed E-state index contributed by atoms with van der Waals surface area (Å²) in [4.78, 5) is 14.2. The first-order chi connectivity index (χ1) is 10.6. The zero-order valence-electron chi connectivity index (χ0n) is 12.7. The van der Waals surface area contributed by atoms with Gasteiger partial charge in [-0.1, -0.05) is 12.1 Å². The number of halogens is 1. The molecule has 1 aliphatic heterocycles. The third kappa shape index (κ3) is 3.65. The predicted molar refractivity (Wildman–Crippen MR) is 81.6 cm³/mol. The van der Waals surface area contributed by atoms with Gasteiger partial charge in [0.15, 0.2) is 5.60 Å². The van der Waals surface area contributed by atoms with E-state index in [9.17, 15) is 14.3 Å². The molecule has 1 aromatic rings. The van der Waals surface area contributed by atoms with Crippen molar-refractivity contribution in [3.05, 3.63) is 35.6 Å². The summed E-state index contributed by atoms with van der Waals surface area (Å²) in [5.74, 6) is 0.221. The van der Waals surface area contributed by atoms with Gasteiger partial charge >= 0.3 is 0 Å². The van der Waals surface area contributed by atoms with Crippen LogP contribution in [0.3, 0.4) is 0 Å². The van der Waals surface area contributed by atoms with Crippen LogP contribution in [-0.4, -0.2) is 41.1 Å². The van der Waals surface area contributed by atoms with Gasteiger partial charge in [0.25, 0.3) is 5.91 Å². The highest BCUT2D eigenvalue weighted by atomic mass is 19.1. The number of likely N-dealkylation sites (tertiary alicyclic amines) is 1. The number of piperidine rings is 1. The number of amides is 1. The van der Waals surface area contributed by atoms with Crippen LogP contribution in [0.25, 0.3) is 0 Å². The number of carbonyl (C=O) groups is 1. The zero-order valence-corrected chi connectivity index (χ0v) is 12.7. The number of carbonyl (C=O) groups excluding carboxylic acids is 1. The Kier molecular flexibility index (Phi) is 4.45. The molecule has 1 aromatic carbocycles. The molecule has 5 heteroatoms. The SMILES string of the molecule is O=C1N(Cc2ccc(F)cc2)CCCC1(O)CNCC1CC1. The molecular formula is C17H23FN2O2. The van der Waals surface area contributed by atoms with Gasteiger partial charge < -0.3 is 15.3 Å². The normalized spacial score (nSPS) is 25.5. The van der Waals surface area contributed by atoms with E-state index in [1.165, 1.54) is 25.0 Å². The minimum absolute atomic E-state index is 0.216. The van der Waals surface area contributed by atoms with Gasteiger partial charge in [-0.25, -0.2) is 4.39 Å². The van der Waals surface area contributed by atoms with Crippen LogP contribution in [0.5, 0.6) is 0 Å². The van der Waals surface area contributed by atoms with Gasteiger partial charge in [-0.3, -0.25) is 4.79 Å². The predicted octanol–water partition coefficient (Wildman–Crippen LogP) is 1.68. The summed E-state index contributed by atoms with van der Waals surface area (Å²) < 4.78 is 12.9. The highest BCUT2D eigenvalue weighted by Crippen LogP contribution is 2.28. The molecule has 0 bridgehead atoms. The number of hydrogen-bond donors (Lipinski definition) is 2. The molecule has 1 heterocycles. The minimum Gasteiger partial charge on any atom is -0.379 e. The third-order valence-corrected chi connectivity index (χ3v) is 4.54. The second-order valence-corrected chi connectivity index (χ2v) is 6.56. The number of nitrogens with zero attached hydrogens (tertiary/aromatic N) is 1. The molecule has 4 nitrogen and oxygen atoms in total. The van der Waals surface area contributed by atoms with E-state index in [4.69, 9.17) is 0 Å². The van der Waals surface area contributed by atoms with Gasteiger partial charge in [-0.05, 0) is 55.8 Å². The Morgan fingerprint density at radius 3 is 2.73 bits per heavy atom. The molecule has 1 aliphatic carbocycles. The molecule has 1 atom stereocenters. The van der Waals surface area contributed by atoms with Gasteiger partial charge in [0.05, 0.1) is 0 Å². The molecule has 0 spiro atoms.